The second kappa shape index (κ2) is 5.49. The summed E-state index contributed by atoms with van der Waals surface area (Å²) < 4.78 is 18.9. The van der Waals surface area contributed by atoms with Crippen molar-refractivity contribution < 1.29 is 23.8 Å². The van der Waals surface area contributed by atoms with E-state index in [9.17, 15) is 19.1 Å². The normalized spacial score (nSPS) is 41.4. The van der Waals surface area contributed by atoms with Crippen molar-refractivity contribution >= 4 is 23.5 Å². The molecule has 2 heterocycles. The molecule has 0 bridgehead atoms. The highest BCUT2D eigenvalue weighted by molar-refractivity contribution is 6.18. The van der Waals surface area contributed by atoms with Crippen LogP contribution in [-0.4, -0.2) is 46.8 Å². The van der Waals surface area contributed by atoms with Gasteiger partial charge in [0.05, 0.1) is 12.0 Å². The average Bonchev–Trinajstić information content (AvgIpc) is 2.73. The third kappa shape index (κ3) is 1.80. The topological polar surface area (TPSA) is 75.6 Å². The molecule has 1 aliphatic carbocycles. The highest BCUT2D eigenvalue weighted by Gasteiger charge is 2.81. The minimum absolute atomic E-state index is 0.146. The smallest absolute Gasteiger partial charge is 0.339 e. The van der Waals surface area contributed by atoms with Crippen LogP contribution in [0.4, 0.5) is 4.39 Å². The van der Waals surface area contributed by atoms with Gasteiger partial charge >= 0.3 is 5.97 Å². The first-order chi connectivity index (χ1) is 10.5. The fourth-order valence-corrected chi connectivity index (χ4v) is 4.23. The molecule has 3 aliphatic rings. The lowest BCUT2D eigenvalue weighted by molar-refractivity contribution is -0.247. The summed E-state index contributed by atoms with van der Waals surface area (Å²) in [4.78, 5) is 24.4. The first kappa shape index (κ1) is 15.7. The van der Waals surface area contributed by atoms with Crippen LogP contribution in [0.1, 0.15) is 25.7 Å². The molecular formula is C15H19ClFNO4. The van der Waals surface area contributed by atoms with Crippen LogP contribution in [0.5, 0.6) is 0 Å². The number of fused-ring (bicyclic) bond motifs is 1. The lowest BCUT2D eigenvalue weighted by atomic mass is 9.64. The van der Waals surface area contributed by atoms with E-state index in [2.05, 4.69) is 5.32 Å². The molecule has 7 heteroatoms. The Hall–Kier alpha value is -1.14. The number of aliphatic hydroxyl groups excluding tert-OH is 1. The molecule has 1 amide bonds. The predicted octanol–water partition coefficient (Wildman–Crippen LogP) is 1.08. The summed E-state index contributed by atoms with van der Waals surface area (Å²) in [5.74, 6) is -2.27. The molecular weight excluding hydrogens is 313 g/mol. The predicted molar refractivity (Wildman–Crippen MR) is 77.0 cm³/mol. The Balaban J connectivity index is 1.98. The molecule has 0 radical (unpaired) electrons. The highest BCUT2D eigenvalue weighted by Crippen LogP contribution is 2.53. The van der Waals surface area contributed by atoms with E-state index in [0.29, 0.717) is 6.42 Å². The van der Waals surface area contributed by atoms with Gasteiger partial charge in [-0.15, -0.1) is 11.6 Å². The van der Waals surface area contributed by atoms with Crippen molar-refractivity contribution in [3.63, 3.8) is 0 Å². The summed E-state index contributed by atoms with van der Waals surface area (Å²) in [6.45, 7) is -1.02. The standard InChI is InChI=1S/C15H19ClFNO4/c16-7-6-10-12(20)18-15(13(21)22-14(10,15)8-17)11(19)9-4-2-1-3-5-9/h2,4,9-11,19H,1,3,5-8H2,(H,18,20)/t9-,10+,11+,14+,15+/m1/s1. The Morgan fingerprint density at radius 1 is 1.55 bits per heavy atom. The van der Waals surface area contributed by atoms with E-state index in [1.165, 1.54) is 0 Å². The Morgan fingerprint density at radius 3 is 2.86 bits per heavy atom. The van der Waals surface area contributed by atoms with Crippen molar-refractivity contribution in [3.05, 3.63) is 12.2 Å². The van der Waals surface area contributed by atoms with E-state index in [4.69, 9.17) is 16.3 Å². The van der Waals surface area contributed by atoms with Crippen molar-refractivity contribution in [2.75, 3.05) is 12.6 Å². The third-order valence-electron chi connectivity index (χ3n) is 5.20. The largest absolute Gasteiger partial charge is 0.450 e. The van der Waals surface area contributed by atoms with Crippen LogP contribution in [0.25, 0.3) is 0 Å². The second-order valence-electron chi connectivity index (χ2n) is 6.21. The molecule has 2 aliphatic heterocycles. The summed E-state index contributed by atoms with van der Waals surface area (Å²) in [6.07, 6.45) is 5.23. The zero-order valence-corrected chi connectivity index (χ0v) is 12.8. The minimum Gasteiger partial charge on any atom is -0.450 e. The SMILES string of the molecule is O=C1N[C@@]2([C@@H](O)[C@@H]3C=CCCC3)C(=O)O[C@@]2(CF)[C@H]1CCCl. The maximum Gasteiger partial charge on any atom is 0.339 e. The van der Waals surface area contributed by atoms with Gasteiger partial charge < -0.3 is 15.2 Å². The van der Waals surface area contributed by atoms with Gasteiger partial charge in [-0.25, -0.2) is 9.18 Å². The number of carbonyl (C=O) groups excluding carboxylic acids is 2. The molecule has 0 aromatic rings. The van der Waals surface area contributed by atoms with Crippen molar-refractivity contribution in [1.82, 2.24) is 5.32 Å². The Bertz CT molecular complexity index is 528. The van der Waals surface area contributed by atoms with Gasteiger partial charge in [0.2, 0.25) is 11.4 Å². The number of alkyl halides is 2. The van der Waals surface area contributed by atoms with E-state index in [1.54, 1.807) is 0 Å². The monoisotopic (exact) mass is 331 g/mol. The van der Waals surface area contributed by atoms with Gasteiger partial charge in [0.25, 0.3) is 0 Å². The number of ether oxygens (including phenoxy) is 1. The lowest BCUT2D eigenvalue weighted by Gasteiger charge is -2.54. The van der Waals surface area contributed by atoms with Crippen molar-refractivity contribution in [3.8, 4) is 0 Å². The molecule has 2 fully saturated rings. The van der Waals surface area contributed by atoms with E-state index in [1.807, 2.05) is 12.2 Å². The lowest BCUT2D eigenvalue weighted by Crippen LogP contribution is -2.82. The van der Waals surface area contributed by atoms with Gasteiger partial charge in [-0.05, 0) is 25.7 Å². The number of halogens is 2. The molecule has 0 saturated carbocycles. The highest BCUT2D eigenvalue weighted by atomic mass is 35.5. The first-order valence-electron chi connectivity index (χ1n) is 7.55. The van der Waals surface area contributed by atoms with Gasteiger partial charge in [-0.3, -0.25) is 4.79 Å². The summed E-state index contributed by atoms with van der Waals surface area (Å²) in [6, 6.07) is 0. The minimum atomic E-state index is -1.69. The van der Waals surface area contributed by atoms with Crippen LogP contribution in [0.2, 0.25) is 0 Å². The maximum absolute atomic E-state index is 13.8. The zero-order valence-electron chi connectivity index (χ0n) is 12.1. The Kier molecular flexibility index (Phi) is 3.93. The van der Waals surface area contributed by atoms with Crippen molar-refractivity contribution in [2.24, 2.45) is 11.8 Å². The Morgan fingerprint density at radius 2 is 2.32 bits per heavy atom. The number of hydrogen-bond donors (Lipinski definition) is 2. The molecule has 22 heavy (non-hydrogen) atoms. The van der Waals surface area contributed by atoms with E-state index < -0.39 is 41.7 Å². The van der Waals surface area contributed by atoms with Crippen molar-refractivity contribution in [1.29, 1.82) is 0 Å². The number of rotatable bonds is 5. The molecule has 2 saturated heterocycles. The molecule has 5 nitrogen and oxygen atoms in total. The third-order valence-corrected chi connectivity index (χ3v) is 5.42. The molecule has 122 valence electrons. The van der Waals surface area contributed by atoms with Crippen LogP contribution < -0.4 is 5.32 Å². The number of esters is 1. The molecule has 0 aromatic carbocycles. The number of aliphatic hydroxyl groups is 1. The molecule has 0 spiro atoms. The van der Waals surface area contributed by atoms with Crippen LogP contribution >= 0.6 is 11.6 Å². The molecule has 0 aromatic heterocycles. The van der Waals surface area contributed by atoms with Crippen LogP contribution in [0.15, 0.2) is 12.2 Å². The summed E-state index contributed by atoms with van der Waals surface area (Å²) in [5.41, 5.74) is -3.33. The molecule has 2 N–H and O–H groups in total. The fourth-order valence-electron chi connectivity index (χ4n) is 4.02. The van der Waals surface area contributed by atoms with Crippen LogP contribution in [0, 0.1) is 11.8 Å². The van der Waals surface area contributed by atoms with E-state index in [-0.39, 0.29) is 18.2 Å². The number of hydrogen-bond acceptors (Lipinski definition) is 4. The van der Waals surface area contributed by atoms with Gasteiger partial charge in [-0.1, -0.05) is 12.2 Å². The maximum atomic E-state index is 13.8. The van der Waals surface area contributed by atoms with Gasteiger partial charge in [0.15, 0.2) is 5.60 Å². The molecule has 3 rings (SSSR count). The number of carbonyl (C=O) groups is 2. The quantitative estimate of drug-likeness (QED) is 0.449. The summed E-state index contributed by atoms with van der Waals surface area (Å²) in [5, 5.41) is 13.3. The number of allylic oxidation sites excluding steroid dienone is 1. The van der Waals surface area contributed by atoms with E-state index >= 15 is 0 Å². The van der Waals surface area contributed by atoms with Crippen LogP contribution in [-0.2, 0) is 14.3 Å². The van der Waals surface area contributed by atoms with E-state index in [0.717, 1.165) is 12.8 Å². The second-order valence-corrected chi connectivity index (χ2v) is 6.59. The Labute approximate surface area is 132 Å². The fraction of sp³-hybridized carbons (Fsp3) is 0.733. The molecule has 0 unspecified atom stereocenters. The van der Waals surface area contributed by atoms with Gasteiger partial charge in [0, 0.05) is 11.8 Å². The summed E-state index contributed by atoms with van der Waals surface area (Å²) in [7, 11) is 0. The zero-order chi connectivity index (χ0) is 16.0. The van der Waals surface area contributed by atoms with Gasteiger partial charge in [0.1, 0.15) is 6.67 Å². The summed E-state index contributed by atoms with van der Waals surface area (Å²) >= 11 is 5.70. The van der Waals surface area contributed by atoms with Crippen LogP contribution in [0.3, 0.4) is 0 Å². The average molecular weight is 332 g/mol. The van der Waals surface area contributed by atoms with Crippen molar-refractivity contribution in [2.45, 2.75) is 42.9 Å². The number of amides is 1. The first-order valence-corrected chi connectivity index (χ1v) is 8.09. The van der Waals surface area contributed by atoms with Gasteiger partial charge in [-0.2, -0.15) is 0 Å². The molecule has 5 atom stereocenters. The number of nitrogens with one attached hydrogen (secondary N) is 1.